The largest absolute Gasteiger partial charge is 0.520 e. The second-order valence-corrected chi connectivity index (χ2v) is 37.6. The van der Waals surface area contributed by atoms with Crippen LogP contribution in [-0.2, 0) is 49.9 Å². The van der Waals surface area contributed by atoms with Crippen molar-refractivity contribution in [3.63, 3.8) is 0 Å². The first-order chi connectivity index (χ1) is 29.1. The van der Waals surface area contributed by atoms with Crippen molar-refractivity contribution in [2.45, 2.75) is 142 Å². The molecule has 15 nitrogen and oxygen atoms in total. The fourth-order valence-corrected chi connectivity index (χ4v) is 9.76. The van der Waals surface area contributed by atoms with Crippen molar-refractivity contribution in [2.24, 2.45) is 0 Å². The number of benzene rings is 2. The van der Waals surface area contributed by atoms with Gasteiger partial charge in [-0.25, -0.2) is 4.98 Å². The van der Waals surface area contributed by atoms with Gasteiger partial charge >= 0.3 is 11.9 Å². The number of aromatic amines is 1. The van der Waals surface area contributed by atoms with Crippen LogP contribution in [0.2, 0.25) is 78.6 Å². The Kier molecular flexibility index (Phi) is 16.7. The molecule has 63 heavy (non-hydrogen) atoms. The van der Waals surface area contributed by atoms with Crippen LogP contribution in [0.25, 0.3) is 10.9 Å². The molecule has 1 aliphatic carbocycles. The quantitative estimate of drug-likeness (QED) is 0.0805. The minimum atomic E-state index is -2.42. The Hall–Kier alpha value is -4.88. The zero-order chi connectivity index (χ0) is 47.1. The molecular weight excluding hydrogens is 871 g/mol. The number of hydrogen-bond donors (Lipinski definition) is 3. The Morgan fingerprint density at radius 3 is 1.94 bits per heavy atom. The topological polar surface area (TPSA) is 195 Å². The van der Waals surface area contributed by atoms with Gasteiger partial charge < -0.3 is 38.2 Å². The number of fused-ring (bicyclic) bond motifs is 2. The van der Waals surface area contributed by atoms with Gasteiger partial charge in [-0.15, -0.1) is 6.42 Å². The van der Waals surface area contributed by atoms with E-state index in [0.717, 1.165) is 29.7 Å². The van der Waals surface area contributed by atoms with Gasteiger partial charge in [0, 0.05) is 24.1 Å². The van der Waals surface area contributed by atoms with E-state index in [1.54, 1.807) is 24.3 Å². The number of amides is 2. The highest BCUT2D eigenvalue weighted by Crippen LogP contribution is 2.39. The highest BCUT2D eigenvalue weighted by atomic mass is 28.4. The van der Waals surface area contributed by atoms with Gasteiger partial charge in [-0.1, -0.05) is 5.92 Å². The van der Waals surface area contributed by atoms with Crippen molar-refractivity contribution in [1.29, 1.82) is 0 Å². The van der Waals surface area contributed by atoms with Crippen molar-refractivity contribution < 1.29 is 41.7 Å². The van der Waals surface area contributed by atoms with Gasteiger partial charge in [-0.3, -0.25) is 28.8 Å². The summed E-state index contributed by atoms with van der Waals surface area (Å²) in [5.41, 5.74) is 3.46. The van der Waals surface area contributed by atoms with E-state index >= 15 is 0 Å². The summed E-state index contributed by atoms with van der Waals surface area (Å²) in [5, 5.41) is 5.92. The fraction of sp³-hybridized carbons (Fsp3) is 0.523. The maximum atomic E-state index is 13.7. The molecule has 0 fully saturated rings. The van der Waals surface area contributed by atoms with Crippen molar-refractivity contribution in [1.82, 2.24) is 20.6 Å². The lowest BCUT2D eigenvalue weighted by atomic mass is 10.0. The average molecular weight is 936 g/mol. The van der Waals surface area contributed by atoms with E-state index in [2.05, 4.69) is 46.1 Å². The lowest BCUT2D eigenvalue weighted by Crippen LogP contribution is -2.48. The number of carbonyl (C=O) groups excluding carboxylic acids is 5. The molecule has 1 aromatic heterocycles. The number of aromatic nitrogens is 2. The average Bonchev–Trinajstić information content (AvgIpc) is 3.55. The SMILES string of the molecule is C#CCN(c1ccc(C(=O)NC(CCC(=O)NC(CCC(=O)O[Si](C)(C)C)C(=O)O[Si](C)(C)C)C(=O)O[Si](C)(C)C)cc1)C1CCc2cc3nc(CO[Si](C)(C)C)[nH]c(=O)c3cc21. The molecular formula is C44H65N5O10Si4. The van der Waals surface area contributed by atoms with Crippen molar-refractivity contribution in [3.8, 4) is 12.3 Å². The van der Waals surface area contributed by atoms with Crippen LogP contribution < -0.4 is 21.1 Å². The molecule has 0 saturated heterocycles. The van der Waals surface area contributed by atoms with E-state index in [-0.39, 0.29) is 56.0 Å². The Morgan fingerprint density at radius 2 is 1.38 bits per heavy atom. The third kappa shape index (κ3) is 16.0. The Bertz CT molecular complexity index is 2270. The number of aryl methyl sites for hydroxylation is 1. The maximum Gasteiger partial charge on any atom is 0.315 e. The van der Waals surface area contributed by atoms with E-state index in [9.17, 15) is 28.8 Å². The third-order valence-electron chi connectivity index (χ3n) is 9.54. The lowest BCUT2D eigenvalue weighted by Gasteiger charge is -2.30. The molecule has 3 unspecified atom stereocenters. The number of hydrogen-bond acceptors (Lipinski definition) is 12. The zero-order valence-electron chi connectivity index (χ0n) is 38.9. The van der Waals surface area contributed by atoms with Crippen LogP contribution in [0.4, 0.5) is 5.69 Å². The van der Waals surface area contributed by atoms with E-state index < -0.39 is 75.1 Å². The number of anilines is 1. The summed E-state index contributed by atoms with van der Waals surface area (Å²) >= 11 is 0. The summed E-state index contributed by atoms with van der Waals surface area (Å²) in [4.78, 5) is 89.1. The summed E-state index contributed by atoms with van der Waals surface area (Å²) in [6.07, 6.45) is 6.90. The number of nitrogens with one attached hydrogen (secondary N) is 3. The van der Waals surface area contributed by atoms with Gasteiger partial charge in [0.05, 0.1) is 30.1 Å². The molecule has 2 aromatic carbocycles. The summed E-state index contributed by atoms with van der Waals surface area (Å²) in [6, 6.07) is 8.28. The second kappa shape index (κ2) is 20.7. The monoisotopic (exact) mass is 935 g/mol. The van der Waals surface area contributed by atoms with Crippen molar-refractivity contribution >= 4 is 79.6 Å². The van der Waals surface area contributed by atoms with Gasteiger partial charge in [-0.2, -0.15) is 0 Å². The summed E-state index contributed by atoms with van der Waals surface area (Å²) in [6.45, 7) is 23.4. The smallest absolute Gasteiger partial charge is 0.315 e. The predicted octanol–water partition coefficient (Wildman–Crippen LogP) is 6.68. The van der Waals surface area contributed by atoms with Crippen LogP contribution in [0.1, 0.15) is 65.5 Å². The molecule has 2 amide bonds. The van der Waals surface area contributed by atoms with Crippen molar-refractivity contribution in [3.05, 3.63) is 69.3 Å². The van der Waals surface area contributed by atoms with Crippen LogP contribution in [0, 0.1) is 12.3 Å². The Labute approximate surface area is 375 Å². The first-order valence-corrected chi connectivity index (χ1v) is 35.0. The van der Waals surface area contributed by atoms with Crippen LogP contribution in [0.5, 0.6) is 0 Å². The molecule has 3 atom stereocenters. The number of H-pyrrole nitrogens is 1. The molecule has 1 aliphatic rings. The normalized spacial score (nSPS) is 15.1. The highest BCUT2D eigenvalue weighted by molar-refractivity contribution is 6.72. The second-order valence-electron chi connectivity index (χ2n) is 19.8. The number of terminal acetylenes is 1. The van der Waals surface area contributed by atoms with Gasteiger partial charge in [0.2, 0.25) is 30.9 Å². The standard InChI is InChI=1S/C44H65N5O10Si4/c1-14-25-49(37-22-17-30-26-36-33(27-32(30)37)42(53)48-38(45-36)28-56-60(2,3)4)31-18-15-29(16-19-31)41(52)47-35(44(55)59-63(11,12)13)20-23-39(50)46-34(43(54)58-62(8,9)10)21-24-40(51)57-61(5,6)7/h1,15-16,18-19,26-27,34-35,37H,17,20-25,28H2,2-13H3,(H,46,50)(H,47,52)(H,45,48,53). The molecule has 0 aliphatic heterocycles. The molecule has 19 heteroatoms. The van der Waals surface area contributed by atoms with Gasteiger partial charge in [0.25, 0.3) is 17.4 Å². The maximum absolute atomic E-state index is 13.7. The number of nitrogens with zero attached hydrogens (tertiary/aromatic N) is 2. The molecule has 3 aromatic rings. The van der Waals surface area contributed by atoms with Gasteiger partial charge in [0.1, 0.15) is 17.9 Å². The van der Waals surface area contributed by atoms with Crippen LogP contribution in [0.3, 0.4) is 0 Å². The van der Waals surface area contributed by atoms with E-state index in [1.807, 2.05) is 71.1 Å². The van der Waals surface area contributed by atoms with E-state index in [4.69, 9.17) is 29.1 Å². The number of rotatable bonds is 20. The van der Waals surface area contributed by atoms with Gasteiger partial charge in [0.15, 0.2) is 8.32 Å². The summed E-state index contributed by atoms with van der Waals surface area (Å²) in [7, 11) is -8.76. The first-order valence-electron chi connectivity index (χ1n) is 21.4. The molecule has 3 N–H and O–H groups in total. The fourth-order valence-electron chi connectivity index (χ4n) is 6.91. The van der Waals surface area contributed by atoms with Crippen LogP contribution in [-0.4, -0.2) is 91.6 Å². The molecule has 0 saturated carbocycles. The zero-order valence-corrected chi connectivity index (χ0v) is 42.9. The molecule has 0 radical (unpaired) electrons. The first kappa shape index (κ1) is 50.8. The summed E-state index contributed by atoms with van der Waals surface area (Å²) in [5.74, 6) is 0.339. The summed E-state index contributed by atoms with van der Waals surface area (Å²) < 4.78 is 22.9. The molecule has 1 heterocycles. The highest BCUT2D eigenvalue weighted by Gasteiger charge is 2.33. The van der Waals surface area contributed by atoms with Crippen LogP contribution >= 0.6 is 0 Å². The van der Waals surface area contributed by atoms with Crippen molar-refractivity contribution in [2.75, 3.05) is 11.4 Å². The lowest BCUT2D eigenvalue weighted by molar-refractivity contribution is -0.142. The minimum absolute atomic E-state index is 0.0254. The van der Waals surface area contributed by atoms with E-state index in [0.29, 0.717) is 16.7 Å². The van der Waals surface area contributed by atoms with Crippen LogP contribution in [0.15, 0.2) is 41.2 Å². The molecule has 0 bridgehead atoms. The predicted molar refractivity (Wildman–Crippen MR) is 254 cm³/mol. The Balaban J connectivity index is 1.50. The number of carbonyl (C=O) groups is 5. The molecule has 4 rings (SSSR count). The van der Waals surface area contributed by atoms with Gasteiger partial charge in [-0.05, 0) is 152 Å². The molecule has 0 spiro atoms. The Morgan fingerprint density at radius 1 is 0.810 bits per heavy atom. The minimum Gasteiger partial charge on any atom is -0.520 e. The molecule has 342 valence electrons. The van der Waals surface area contributed by atoms with E-state index in [1.165, 1.54) is 0 Å². The third-order valence-corrected chi connectivity index (χ3v) is 13.0.